The molecular weight excluding hydrogens is 452 g/mol. The summed E-state index contributed by atoms with van der Waals surface area (Å²) < 4.78 is 5.89. The lowest BCUT2D eigenvalue weighted by Gasteiger charge is -2.16. The Kier molecular flexibility index (Phi) is 5.43. The Balaban J connectivity index is 2.02. The van der Waals surface area contributed by atoms with E-state index in [0.717, 1.165) is 51.0 Å². The van der Waals surface area contributed by atoms with Crippen LogP contribution in [0.5, 0.6) is 5.75 Å². The van der Waals surface area contributed by atoms with Crippen molar-refractivity contribution in [3.63, 3.8) is 0 Å². The minimum absolute atomic E-state index is 0.181. The molecule has 0 unspecified atom stereocenters. The predicted octanol–water partition coefficient (Wildman–Crippen LogP) is 4.74. The SMILES string of the molecule is COc1c2nc(cc3cc(=C(C)O)c(cc4nc(cc5cc(=C(C)O)c1[nH]5)C(C)(C)C4)[nH]3)C(C)(C)C2. The largest absolute Gasteiger partial charge is 0.512 e. The highest BCUT2D eigenvalue weighted by molar-refractivity contribution is 5.72. The summed E-state index contributed by atoms with van der Waals surface area (Å²) >= 11 is 0. The summed E-state index contributed by atoms with van der Waals surface area (Å²) in [5.41, 5.74) is 6.40. The highest BCUT2D eigenvalue weighted by Gasteiger charge is 2.31. The fourth-order valence-corrected chi connectivity index (χ4v) is 5.23. The topological polar surface area (TPSA) is 107 Å². The molecule has 3 aromatic rings. The van der Waals surface area contributed by atoms with Crippen molar-refractivity contribution < 1.29 is 14.9 Å². The minimum atomic E-state index is -0.233. The predicted molar refractivity (Wildman–Crippen MR) is 144 cm³/mol. The standard InChI is InChI=1S/C29H34N4O3/c1-15(34)20-8-17-11-25-29(5,6)14-23(33-25)27(36-7)26-21(16(2)35)9-18(32-26)12-24-28(3,4)13-19(31-24)10-22(20)30-17/h8-12,30,32,34-35H,13-14H2,1-7H3. The van der Waals surface area contributed by atoms with Crippen LogP contribution in [0.1, 0.15) is 64.3 Å². The molecule has 36 heavy (non-hydrogen) atoms. The first-order valence-electron chi connectivity index (χ1n) is 12.3. The highest BCUT2D eigenvalue weighted by atomic mass is 16.5. The van der Waals surface area contributed by atoms with Crippen molar-refractivity contribution >= 4 is 33.6 Å². The van der Waals surface area contributed by atoms with Crippen LogP contribution in [0.2, 0.25) is 0 Å². The first-order valence-corrected chi connectivity index (χ1v) is 12.3. The Labute approximate surface area is 210 Å². The number of H-pyrrole nitrogens is 2. The van der Waals surface area contributed by atoms with Gasteiger partial charge in [0.2, 0.25) is 0 Å². The number of aliphatic hydroxyl groups excluding tert-OH is 2. The van der Waals surface area contributed by atoms with E-state index in [1.165, 1.54) is 0 Å². The number of nitrogens with one attached hydrogen (secondary N) is 2. The number of hydrogen-bond acceptors (Lipinski definition) is 5. The molecule has 4 N–H and O–H groups in total. The smallest absolute Gasteiger partial charge is 0.164 e. The Morgan fingerprint density at radius 3 is 2.03 bits per heavy atom. The lowest BCUT2D eigenvalue weighted by Crippen LogP contribution is -2.15. The lowest BCUT2D eigenvalue weighted by atomic mass is 9.87. The molecule has 0 amide bonds. The number of aromatic amines is 2. The Morgan fingerprint density at radius 1 is 0.806 bits per heavy atom. The van der Waals surface area contributed by atoms with E-state index in [1.54, 1.807) is 21.0 Å². The molecule has 0 radical (unpaired) electrons. The maximum atomic E-state index is 10.5. The molecule has 7 nitrogen and oxygen atoms in total. The van der Waals surface area contributed by atoms with Crippen LogP contribution in [-0.2, 0) is 23.7 Å². The lowest BCUT2D eigenvalue weighted by molar-refractivity contribution is 0.409. The number of methoxy groups -OCH3 is 1. The third-order valence-electron chi connectivity index (χ3n) is 7.21. The van der Waals surface area contributed by atoms with Crippen LogP contribution in [0.15, 0.2) is 30.3 Å². The molecule has 7 heteroatoms. The third kappa shape index (κ3) is 4.02. The Hall–Kier alpha value is -3.74. The molecular formula is C29H34N4O3. The van der Waals surface area contributed by atoms with E-state index in [4.69, 9.17) is 14.7 Å². The van der Waals surface area contributed by atoms with Crippen molar-refractivity contribution in [3.8, 4) is 5.75 Å². The molecule has 0 aliphatic carbocycles. The van der Waals surface area contributed by atoms with E-state index in [-0.39, 0.29) is 22.3 Å². The average Bonchev–Trinajstić information content (AvgIpc) is 3.49. The zero-order valence-corrected chi connectivity index (χ0v) is 22.0. The molecule has 5 heterocycles. The van der Waals surface area contributed by atoms with Gasteiger partial charge in [-0.1, -0.05) is 27.7 Å². The molecule has 0 saturated carbocycles. The Morgan fingerprint density at radius 2 is 1.39 bits per heavy atom. The third-order valence-corrected chi connectivity index (χ3v) is 7.21. The summed E-state index contributed by atoms with van der Waals surface area (Å²) in [5.74, 6) is 1.07. The molecule has 2 aliphatic rings. The second-order valence-corrected chi connectivity index (χ2v) is 11.3. The van der Waals surface area contributed by atoms with Gasteiger partial charge < -0.3 is 24.9 Å². The van der Waals surface area contributed by atoms with Crippen molar-refractivity contribution in [2.24, 2.45) is 0 Å². The molecule has 188 valence electrons. The Bertz CT molecular complexity index is 1660. The van der Waals surface area contributed by atoms with Crippen LogP contribution in [0.3, 0.4) is 0 Å². The number of ether oxygens (including phenoxy) is 1. The molecule has 0 atom stereocenters. The van der Waals surface area contributed by atoms with Crippen LogP contribution in [0, 0.1) is 0 Å². The summed E-state index contributed by atoms with van der Waals surface area (Å²) in [6, 6.07) is 9.97. The first kappa shape index (κ1) is 24.0. The van der Waals surface area contributed by atoms with E-state index in [1.807, 2.05) is 30.3 Å². The van der Waals surface area contributed by atoms with Gasteiger partial charge in [0.05, 0.1) is 35.4 Å². The fourth-order valence-electron chi connectivity index (χ4n) is 5.23. The van der Waals surface area contributed by atoms with E-state index in [2.05, 4.69) is 37.7 Å². The average molecular weight is 487 g/mol. The second kappa shape index (κ2) is 8.15. The van der Waals surface area contributed by atoms with E-state index >= 15 is 0 Å². The summed E-state index contributed by atoms with van der Waals surface area (Å²) in [6.45, 7) is 12.0. The van der Waals surface area contributed by atoms with Gasteiger partial charge in [-0.15, -0.1) is 0 Å². The highest BCUT2D eigenvalue weighted by Crippen LogP contribution is 2.35. The molecule has 2 aliphatic heterocycles. The molecule has 5 rings (SSSR count). The van der Waals surface area contributed by atoms with Crippen molar-refractivity contribution in [2.45, 2.75) is 65.2 Å². The summed E-state index contributed by atoms with van der Waals surface area (Å²) in [6.07, 6.45) is 1.44. The summed E-state index contributed by atoms with van der Waals surface area (Å²) in [7, 11) is 1.64. The summed E-state index contributed by atoms with van der Waals surface area (Å²) in [4.78, 5) is 16.9. The van der Waals surface area contributed by atoms with Gasteiger partial charge >= 0.3 is 0 Å². The number of fused-ring (bicyclic) bond motifs is 8. The molecule has 0 spiro atoms. The number of hydrogen-bond donors (Lipinski definition) is 4. The molecule has 3 aromatic heterocycles. The van der Waals surface area contributed by atoms with Gasteiger partial charge in [-0.25, -0.2) is 0 Å². The van der Waals surface area contributed by atoms with Crippen molar-refractivity contribution in [3.05, 3.63) is 63.5 Å². The van der Waals surface area contributed by atoms with Crippen molar-refractivity contribution in [1.82, 2.24) is 19.9 Å². The van der Waals surface area contributed by atoms with Crippen LogP contribution in [-0.4, -0.2) is 37.3 Å². The zero-order valence-electron chi connectivity index (χ0n) is 22.0. The van der Waals surface area contributed by atoms with Crippen LogP contribution in [0.25, 0.3) is 33.6 Å². The minimum Gasteiger partial charge on any atom is -0.512 e. The van der Waals surface area contributed by atoms with Crippen LogP contribution >= 0.6 is 0 Å². The molecule has 0 fully saturated rings. The fraction of sp³-hybridized carbons (Fsp3) is 0.379. The van der Waals surface area contributed by atoms with Gasteiger partial charge in [-0.2, -0.15) is 0 Å². The van der Waals surface area contributed by atoms with Gasteiger partial charge in [0.25, 0.3) is 0 Å². The molecule has 0 aromatic carbocycles. The van der Waals surface area contributed by atoms with Gasteiger partial charge in [-0.05, 0) is 44.2 Å². The van der Waals surface area contributed by atoms with E-state index in [0.29, 0.717) is 22.9 Å². The van der Waals surface area contributed by atoms with Gasteiger partial charge in [0.15, 0.2) is 5.75 Å². The quantitative estimate of drug-likeness (QED) is 0.398. The second-order valence-electron chi connectivity index (χ2n) is 11.3. The molecule has 0 saturated heterocycles. The summed E-state index contributed by atoms with van der Waals surface area (Å²) in [5, 5.41) is 22.4. The number of nitrogens with zero attached hydrogens (tertiary/aromatic N) is 2. The number of aliphatic hydroxyl groups is 2. The van der Waals surface area contributed by atoms with Crippen LogP contribution < -0.4 is 15.2 Å². The van der Waals surface area contributed by atoms with Crippen molar-refractivity contribution in [1.29, 1.82) is 0 Å². The zero-order chi connectivity index (χ0) is 26.0. The monoisotopic (exact) mass is 486 g/mol. The van der Waals surface area contributed by atoms with E-state index in [9.17, 15) is 10.2 Å². The van der Waals surface area contributed by atoms with Gasteiger partial charge in [-0.3, -0.25) is 9.97 Å². The number of rotatable bonds is 1. The van der Waals surface area contributed by atoms with E-state index < -0.39 is 0 Å². The number of aromatic nitrogens is 4. The molecule has 8 bridgehead atoms. The maximum Gasteiger partial charge on any atom is 0.164 e. The van der Waals surface area contributed by atoms with Crippen molar-refractivity contribution in [2.75, 3.05) is 7.11 Å². The maximum absolute atomic E-state index is 10.5. The normalized spacial score (nSPS) is 18.1. The first-order chi connectivity index (χ1) is 16.9. The van der Waals surface area contributed by atoms with Gasteiger partial charge in [0.1, 0.15) is 0 Å². The van der Waals surface area contributed by atoms with Gasteiger partial charge in [0, 0.05) is 62.2 Å². The van der Waals surface area contributed by atoms with Crippen LogP contribution in [0.4, 0.5) is 0 Å².